The first-order valence-electron chi connectivity index (χ1n) is 3.47. The van der Waals surface area contributed by atoms with E-state index in [-0.39, 0.29) is 0 Å². The van der Waals surface area contributed by atoms with Crippen molar-refractivity contribution in [3.63, 3.8) is 0 Å². The molecule has 1 aliphatic rings. The Balaban J connectivity index is 1.98. The predicted molar refractivity (Wildman–Crippen MR) is 32.5 cm³/mol. The summed E-state index contributed by atoms with van der Waals surface area (Å²) in [5, 5.41) is 0. The van der Waals surface area contributed by atoms with Gasteiger partial charge in [-0.2, -0.15) is 0 Å². The topological polar surface area (TPSA) is 0 Å². The van der Waals surface area contributed by atoms with Gasteiger partial charge in [0.1, 0.15) is 6.17 Å². The summed E-state index contributed by atoms with van der Waals surface area (Å²) in [5.74, 6) is 0.731. The SMILES string of the molecule is CCC[C@H]1C[C@@H](F)C1. The fraction of sp³-hybridized carbons (Fsp3) is 1.00. The third kappa shape index (κ3) is 1.21. The Morgan fingerprint density at radius 2 is 2.12 bits per heavy atom. The van der Waals surface area contributed by atoms with Crippen molar-refractivity contribution in [2.45, 2.75) is 38.8 Å². The molecule has 0 atom stereocenters. The zero-order valence-corrected chi connectivity index (χ0v) is 5.36. The van der Waals surface area contributed by atoms with E-state index >= 15 is 0 Å². The average Bonchev–Trinajstić information content (AvgIpc) is 1.64. The zero-order valence-electron chi connectivity index (χ0n) is 5.36. The van der Waals surface area contributed by atoms with Crippen molar-refractivity contribution >= 4 is 0 Å². The Morgan fingerprint density at radius 1 is 1.50 bits per heavy atom. The first-order chi connectivity index (χ1) is 3.83. The maximum Gasteiger partial charge on any atom is 0.101 e. The van der Waals surface area contributed by atoms with Crippen molar-refractivity contribution in [2.75, 3.05) is 0 Å². The van der Waals surface area contributed by atoms with Crippen LogP contribution in [0.15, 0.2) is 0 Å². The fourth-order valence-corrected chi connectivity index (χ4v) is 1.30. The van der Waals surface area contributed by atoms with Gasteiger partial charge >= 0.3 is 0 Å². The quantitative estimate of drug-likeness (QED) is 0.520. The summed E-state index contributed by atoms with van der Waals surface area (Å²) >= 11 is 0. The Morgan fingerprint density at radius 3 is 2.50 bits per heavy atom. The van der Waals surface area contributed by atoms with E-state index in [0.717, 1.165) is 18.8 Å². The van der Waals surface area contributed by atoms with Gasteiger partial charge in [-0.05, 0) is 18.8 Å². The van der Waals surface area contributed by atoms with Crippen LogP contribution in [0.1, 0.15) is 32.6 Å². The molecule has 1 heteroatoms. The molecule has 0 aromatic rings. The van der Waals surface area contributed by atoms with Gasteiger partial charge in [0.15, 0.2) is 0 Å². The van der Waals surface area contributed by atoms with Crippen LogP contribution in [-0.2, 0) is 0 Å². The number of hydrogen-bond acceptors (Lipinski definition) is 0. The highest BCUT2D eigenvalue weighted by Gasteiger charge is 2.27. The maximum absolute atomic E-state index is 12.1. The summed E-state index contributed by atoms with van der Waals surface area (Å²) in [6.07, 6.45) is 3.69. The van der Waals surface area contributed by atoms with Gasteiger partial charge in [0.2, 0.25) is 0 Å². The molecule has 0 unspecified atom stereocenters. The molecule has 8 heavy (non-hydrogen) atoms. The molecule has 48 valence electrons. The lowest BCUT2D eigenvalue weighted by atomic mass is 9.81. The van der Waals surface area contributed by atoms with Crippen molar-refractivity contribution in [1.82, 2.24) is 0 Å². The van der Waals surface area contributed by atoms with Crippen LogP contribution in [0, 0.1) is 5.92 Å². The van der Waals surface area contributed by atoms with Crippen LogP contribution in [0.5, 0.6) is 0 Å². The first kappa shape index (κ1) is 6.06. The van der Waals surface area contributed by atoms with Crippen molar-refractivity contribution in [3.05, 3.63) is 0 Å². The summed E-state index contributed by atoms with van der Waals surface area (Å²) in [6.45, 7) is 2.16. The minimum absolute atomic E-state index is 0.452. The largest absolute Gasteiger partial charge is 0.247 e. The van der Waals surface area contributed by atoms with Gasteiger partial charge in [-0.15, -0.1) is 0 Å². The summed E-state index contributed by atoms with van der Waals surface area (Å²) < 4.78 is 12.1. The van der Waals surface area contributed by atoms with Crippen molar-refractivity contribution < 1.29 is 4.39 Å². The molecule has 0 bridgehead atoms. The highest BCUT2D eigenvalue weighted by Crippen LogP contribution is 2.33. The molecular weight excluding hydrogens is 103 g/mol. The number of alkyl halides is 1. The van der Waals surface area contributed by atoms with E-state index in [0.29, 0.717) is 0 Å². The normalized spacial score (nSPS) is 36.8. The summed E-state index contributed by atoms with van der Waals surface area (Å²) in [6, 6.07) is 0. The van der Waals surface area contributed by atoms with Gasteiger partial charge in [-0.3, -0.25) is 0 Å². The molecule has 1 fully saturated rings. The molecule has 0 aliphatic heterocycles. The summed E-state index contributed by atoms with van der Waals surface area (Å²) in [5.41, 5.74) is 0. The van der Waals surface area contributed by atoms with Crippen LogP contribution >= 0.6 is 0 Å². The van der Waals surface area contributed by atoms with Crippen molar-refractivity contribution in [1.29, 1.82) is 0 Å². The second-order valence-corrected chi connectivity index (χ2v) is 2.72. The molecule has 0 heterocycles. The van der Waals surface area contributed by atoms with E-state index in [1.807, 2.05) is 0 Å². The van der Waals surface area contributed by atoms with E-state index in [4.69, 9.17) is 0 Å². The van der Waals surface area contributed by atoms with Crippen LogP contribution in [0.3, 0.4) is 0 Å². The van der Waals surface area contributed by atoms with Crippen LogP contribution < -0.4 is 0 Å². The van der Waals surface area contributed by atoms with Gasteiger partial charge in [-0.1, -0.05) is 19.8 Å². The van der Waals surface area contributed by atoms with E-state index in [1.165, 1.54) is 12.8 Å². The van der Waals surface area contributed by atoms with Gasteiger partial charge in [0, 0.05) is 0 Å². The molecule has 0 spiro atoms. The Labute approximate surface area is 50.1 Å². The van der Waals surface area contributed by atoms with Crippen molar-refractivity contribution in [3.8, 4) is 0 Å². The Kier molecular flexibility index (Phi) is 1.87. The number of halogens is 1. The molecular formula is C7H13F. The highest BCUT2D eigenvalue weighted by molar-refractivity contribution is 4.77. The minimum atomic E-state index is -0.452. The lowest BCUT2D eigenvalue weighted by Crippen LogP contribution is -2.24. The predicted octanol–water partition coefficient (Wildman–Crippen LogP) is 2.53. The molecule has 0 radical (unpaired) electrons. The lowest BCUT2D eigenvalue weighted by Gasteiger charge is -2.28. The standard InChI is InChI=1S/C7H13F/c1-2-3-6-4-7(8)5-6/h6-7H,2-5H2,1H3/t6-,7+. The van der Waals surface area contributed by atoms with E-state index in [1.54, 1.807) is 0 Å². The summed E-state index contributed by atoms with van der Waals surface area (Å²) in [4.78, 5) is 0. The van der Waals surface area contributed by atoms with Crippen LogP contribution in [-0.4, -0.2) is 6.17 Å². The first-order valence-corrected chi connectivity index (χ1v) is 3.47. The molecule has 0 saturated heterocycles. The summed E-state index contributed by atoms with van der Waals surface area (Å²) in [7, 11) is 0. The molecule has 1 aliphatic carbocycles. The molecule has 0 N–H and O–H groups in total. The van der Waals surface area contributed by atoms with E-state index < -0.39 is 6.17 Å². The van der Waals surface area contributed by atoms with Gasteiger partial charge < -0.3 is 0 Å². The number of hydrogen-bond donors (Lipinski definition) is 0. The zero-order chi connectivity index (χ0) is 5.98. The maximum atomic E-state index is 12.1. The highest BCUT2D eigenvalue weighted by atomic mass is 19.1. The van der Waals surface area contributed by atoms with Gasteiger partial charge in [0.25, 0.3) is 0 Å². The third-order valence-corrected chi connectivity index (χ3v) is 1.88. The van der Waals surface area contributed by atoms with Crippen LogP contribution in [0.2, 0.25) is 0 Å². The van der Waals surface area contributed by atoms with Crippen LogP contribution in [0.4, 0.5) is 4.39 Å². The molecule has 1 saturated carbocycles. The number of rotatable bonds is 2. The average molecular weight is 116 g/mol. The third-order valence-electron chi connectivity index (χ3n) is 1.88. The molecule has 0 amide bonds. The monoisotopic (exact) mass is 116 g/mol. The smallest absolute Gasteiger partial charge is 0.101 e. The van der Waals surface area contributed by atoms with Crippen LogP contribution in [0.25, 0.3) is 0 Å². The van der Waals surface area contributed by atoms with Gasteiger partial charge in [-0.25, -0.2) is 4.39 Å². The second-order valence-electron chi connectivity index (χ2n) is 2.72. The molecule has 0 aromatic heterocycles. The van der Waals surface area contributed by atoms with Crippen molar-refractivity contribution in [2.24, 2.45) is 5.92 Å². The lowest BCUT2D eigenvalue weighted by molar-refractivity contribution is 0.124. The Hall–Kier alpha value is -0.0700. The second kappa shape index (κ2) is 2.47. The molecule has 0 nitrogen and oxygen atoms in total. The molecule has 1 rings (SSSR count). The Bertz CT molecular complexity index is 62.0. The van der Waals surface area contributed by atoms with E-state index in [2.05, 4.69) is 6.92 Å². The fourth-order valence-electron chi connectivity index (χ4n) is 1.30. The van der Waals surface area contributed by atoms with E-state index in [9.17, 15) is 4.39 Å². The van der Waals surface area contributed by atoms with Gasteiger partial charge in [0.05, 0.1) is 0 Å². The minimum Gasteiger partial charge on any atom is -0.247 e. The molecule has 0 aromatic carbocycles.